The molecule has 0 aromatic carbocycles. The van der Waals surface area contributed by atoms with Crippen molar-refractivity contribution in [3.05, 3.63) is 11.8 Å². The summed E-state index contributed by atoms with van der Waals surface area (Å²) in [5.74, 6) is 0. The monoisotopic (exact) mass is 183 g/mol. The molecule has 0 spiro atoms. The van der Waals surface area contributed by atoms with Crippen LogP contribution in [0.25, 0.3) is 0 Å². The number of nitrogens with zero attached hydrogens (tertiary/aromatic N) is 1. The number of hydrogen-bond acceptors (Lipinski definition) is 1. The van der Waals surface area contributed by atoms with Gasteiger partial charge in [0.1, 0.15) is 0 Å². The second-order valence-electron chi connectivity index (χ2n) is 3.41. The summed E-state index contributed by atoms with van der Waals surface area (Å²) >= 11 is 0. The molecule has 0 bridgehead atoms. The average Bonchev–Trinajstić information content (AvgIpc) is 2.16. The van der Waals surface area contributed by atoms with Crippen LogP contribution in [0.5, 0.6) is 0 Å². The van der Waals surface area contributed by atoms with Crippen molar-refractivity contribution < 1.29 is 0 Å². The zero-order chi connectivity index (χ0) is 10.1. The van der Waals surface area contributed by atoms with E-state index < -0.39 is 0 Å². The van der Waals surface area contributed by atoms with Crippen LogP contribution in [0.15, 0.2) is 11.8 Å². The predicted molar refractivity (Wildman–Crippen MR) is 60.8 cm³/mol. The molecular formula is C12H25N. The highest BCUT2D eigenvalue weighted by Crippen LogP contribution is 2.12. The summed E-state index contributed by atoms with van der Waals surface area (Å²) in [4.78, 5) is 2.47. The van der Waals surface area contributed by atoms with E-state index in [2.05, 4.69) is 38.7 Å². The zero-order valence-corrected chi connectivity index (χ0v) is 9.77. The SMILES string of the molecule is CCCC=C(CCC)N(CC)CC. The van der Waals surface area contributed by atoms with E-state index >= 15 is 0 Å². The fourth-order valence-corrected chi connectivity index (χ4v) is 1.59. The molecule has 0 aliphatic heterocycles. The second-order valence-corrected chi connectivity index (χ2v) is 3.41. The van der Waals surface area contributed by atoms with Gasteiger partial charge >= 0.3 is 0 Å². The largest absolute Gasteiger partial charge is 0.376 e. The Kier molecular flexibility index (Phi) is 7.86. The highest BCUT2D eigenvalue weighted by Gasteiger charge is 2.02. The summed E-state index contributed by atoms with van der Waals surface area (Å²) in [5, 5.41) is 0. The van der Waals surface area contributed by atoms with Gasteiger partial charge in [0.05, 0.1) is 0 Å². The quantitative estimate of drug-likeness (QED) is 0.580. The number of unbranched alkanes of at least 4 members (excludes halogenated alkanes) is 1. The third-order valence-electron chi connectivity index (χ3n) is 2.34. The van der Waals surface area contributed by atoms with Crippen molar-refractivity contribution in [2.24, 2.45) is 0 Å². The molecule has 0 saturated heterocycles. The van der Waals surface area contributed by atoms with Crippen LogP contribution in [0, 0.1) is 0 Å². The molecule has 0 aliphatic rings. The topological polar surface area (TPSA) is 3.24 Å². The maximum atomic E-state index is 2.47. The third kappa shape index (κ3) is 4.97. The normalized spacial score (nSPS) is 11.8. The minimum absolute atomic E-state index is 1.14. The maximum absolute atomic E-state index is 2.47. The van der Waals surface area contributed by atoms with Gasteiger partial charge in [-0.3, -0.25) is 0 Å². The van der Waals surface area contributed by atoms with Gasteiger partial charge in [0.25, 0.3) is 0 Å². The lowest BCUT2D eigenvalue weighted by Crippen LogP contribution is -2.22. The first-order valence-electron chi connectivity index (χ1n) is 5.73. The lowest BCUT2D eigenvalue weighted by atomic mass is 10.2. The highest BCUT2D eigenvalue weighted by atomic mass is 15.1. The van der Waals surface area contributed by atoms with E-state index in [1.165, 1.54) is 25.7 Å². The summed E-state index contributed by atoms with van der Waals surface area (Å²) in [6, 6.07) is 0. The van der Waals surface area contributed by atoms with Crippen molar-refractivity contribution in [2.75, 3.05) is 13.1 Å². The van der Waals surface area contributed by atoms with Crippen LogP contribution in [0.4, 0.5) is 0 Å². The van der Waals surface area contributed by atoms with E-state index in [0.717, 1.165) is 13.1 Å². The first-order chi connectivity index (χ1) is 6.29. The van der Waals surface area contributed by atoms with Crippen LogP contribution in [0.2, 0.25) is 0 Å². The van der Waals surface area contributed by atoms with Gasteiger partial charge in [-0.2, -0.15) is 0 Å². The van der Waals surface area contributed by atoms with E-state index in [0.29, 0.717) is 0 Å². The van der Waals surface area contributed by atoms with Crippen molar-refractivity contribution in [2.45, 2.75) is 53.4 Å². The standard InChI is InChI=1S/C12H25N/c1-5-9-11-12(10-6-2)13(7-3)8-4/h11H,5-10H2,1-4H3. The molecule has 0 atom stereocenters. The Morgan fingerprint density at radius 1 is 1.00 bits per heavy atom. The molecule has 0 aliphatic carbocycles. The van der Waals surface area contributed by atoms with E-state index in [-0.39, 0.29) is 0 Å². The van der Waals surface area contributed by atoms with Crippen molar-refractivity contribution in [3.8, 4) is 0 Å². The fourth-order valence-electron chi connectivity index (χ4n) is 1.59. The molecular weight excluding hydrogens is 158 g/mol. The molecule has 1 nitrogen and oxygen atoms in total. The lowest BCUT2D eigenvalue weighted by Gasteiger charge is -2.24. The molecule has 1 heteroatoms. The van der Waals surface area contributed by atoms with Crippen LogP contribution in [0.3, 0.4) is 0 Å². The molecule has 0 aromatic heterocycles. The number of allylic oxidation sites excluding steroid dienone is 2. The number of hydrogen-bond donors (Lipinski definition) is 0. The van der Waals surface area contributed by atoms with Crippen molar-refractivity contribution in [1.82, 2.24) is 4.90 Å². The minimum atomic E-state index is 1.14. The van der Waals surface area contributed by atoms with Crippen LogP contribution in [-0.4, -0.2) is 18.0 Å². The summed E-state index contributed by atoms with van der Waals surface area (Å²) in [7, 11) is 0. The Hall–Kier alpha value is -0.460. The van der Waals surface area contributed by atoms with Gasteiger partial charge in [0.2, 0.25) is 0 Å². The van der Waals surface area contributed by atoms with Crippen molar-refractivity contribution in [3.63, 3.8) is 0 Å². The van der Waals surface area contributed by atoms with Gasteiger partial charge < -0.3 is 4.90 Å². The van der Waals surface area contributed by atoms with Gasteiger partial charge in [-0.05, 0) is 26.7 Å². The molecule has 0 fully saturated rings. The zero-order valence-electron chi connectivity index (χ0n) is 9.77. The van der Waals surface area contributed by atoms with Crippen LogP contribution >= 0.6 is 0 Å². The Balaban J connectivity index is 4.19. The molecule has 0 N–H and O–H groups in total. The Morgan fingerprint density at radius 2 is 1.62 bits per heavy atom. The first kappa shape index (κ1) is 12.5. The molecule has 0 amide bonds. The summed E-state index contributed by atoms with van der Waals surface area (Å²) in [6.45, 7) is 11.3. The molecule has 0 radical (unpaired) electrons. The maximum Gasteiger partial charge on any atom is 0.0146 e. The molecule has 0 heterocycles. The first-order valence-corrected chi connectivity index (χ1v) is 5.73. The van der Waals surface area contributed by atoms with Gasteiger partial charge in [-0.1, -0.05) is 32.8 Å². The predicted octanol–water partition coefficient (Wildman–Crippen LogP) is 3.81. The van der Waals surface area contributed by atoms with Crippen molar-refractivity contribution in [1.29, 1.82) is 0 Å². The molecule has 13 heavy (non-hydrogen) atoms. The van der Waals surface area contributed by atoms with Crippen molar-refractivity contribution >= 4 is 0 Å². The molecule has 78 valence electrons. The second kappa shape index (κ2) is 8.15. The van der Waals surface area contributed by atoms with E-state index in [1.54, 1.807) is 5.70 Å². The summed E-state index contributed by atoms with van der Waals surface area (Å²) in [6.07, 6.45) is 7.39. The van der Waals surface area contributed by atoms with Crippen LogP contribution in [-0.2, 0) is 0 Å². The molecule has 0 rings (SSSR count). The van der Waals surface area contributed by atoms with E-state index in [1.807, 2.05) is 0 Å². The molecule has 0 saturated carbocycles. The highest BCUT2D eigenvalue weighted by molar-refractivity contribution is 5.00. The fraction of sp³-hybridized carbons (Fsp3) is 0.833. The summed E-state index contributed by atoms with van der Waals surface area (Å²) in [5.41, 5.74) is 1.55. The molecule has 0 aromatic rings. The van der Waals surface area contributed by atoms with Crippen LogP contribution in [0.1, 0.15) is 53.4 Å². The van der Waals surface area contributed by atoms with Gasteiger partial charge in [-0.25, -0.2) is 0 Å². The third-order valence-corrected chi connectivity index (χ3v) is 2.34. The van der Waals surface area contributed by atoms with Crippen LogP contribution < -0.4 is 0 Å². The number of rotatable bonds is 7. The lowest BCUT2D eigenvalue weighted by molar-refractivity contribution is 0.365. The minimum Gasteiger partial charge on any atom is -0.376 e. The summed E-state index contributed by atoms with van der Waals surface area (Å²) < 4.78 is 0. The average molecular weight is 183 g/mol. The van der Waals surface area contributed by atoms with E-state index in [4.69, 9.17) is 0 Å². The Bertz CT molecular complexity index is 134. The van der Waals surface area contributed by atoms with Gasteiger partial charge in [0.15, 0.2) is 0 Å². The Morgan fingerprint density at radius 3 is 2.00 bits per heavy atom. The van der Waals surface area contributed by atoms with Gasteiger partial charge in [0, 0.05) is 18.8 Å². The van der Waals surface area contributed by atoms with E-state index in [9.17, 15) is 0 Å². The van der Waals surface area contributed by atoms with Gasteiger partial charge in [-0.15, -0.1) is 0 Å². The smallest absolute Gasteiger partial charge is 0.0146 e. The Labute approximate surface area is 83.8 Å². The molecule has 0 unspecified atom stereocenters.